The van der Waals surface area contributed by atoms with Crippen molar-refractivity contribution in [3.63, 3.8) is 0 Å². The quantitative estimate of drug-likeness (QED) is 0.856. The summed E-state index contributed by atoms with van der Waals surface area (Å²) >= 11 is 5.91. The zero-order chi connectivity index (χ0) is 12.1. The normalized spacial score (nSPS) is 12.2. The number of nitrogens with zero attached hydrogens (tertiary/aromatic N) is 1. The van der Waals surface area contributed by atoms with Gasteiger partial charge in [0, 0.05) is 11.1 Å². The summed E-state index contributed by atoms with van der Waals surface area (Å²) in [6.07, 6.45) is 1.07. The highest BCUT2D eigenvalue weighted by atomic mass is 35.5. The maximum absolute atomic E-state index is 8.97. The fraction of sp³-hybridized carbons (Fsp3) is 0.462. The second-order valence-electron chi connectivity index (χ2n) is 4.48. The zero-order valence-electron chi connectivity index (χ0n) is 9.92. The van der Waals surface area contributed by atoms with Gasteiger partial charge in [-0.3, -0.25) is 0 Å². The van der Waals surface area contributed by atoms with Crippen LogP contribution in [0.1, 0.15) is 32.8 Å². The Morgan fingerprint density at radius 3 is 2.62 bits per heavy atom. The molecule has 2 nitrogen and oxygen atoms in total. The number of benzene rings is 1. The molecule has 0 radical (unpaired) electrons. The molecule has 1 rings (SSSR count). The Balaban J connectivity index is 2.80. The van der Waals surface area contributed by atoms with E-state index >= 15 is 0 Å². The van der Waals surface area contributed by atoms with Crippen LogP contribution in [0.15, 0.2) is 18.2 Å². The highest BCUT2D eigenvalue weighted by Crippen LogP contribution is 2.22. The predicted octanol–water partition coefficient (Wildman–Crippen LogP) is 4.06. The molecule has 1 N–H and O–H groups in total. The number of hydrogen-bond donors (Lipinski definition) is 1. The molecule has 0 aliphatic heterocycles. The molecule has 0 heterocycles. The molecule has 86 valence electrons. The molecule has 16 heavy (non-hydrogen) atoms. The largest absolute Gasteiger partial charge is 0.381 e. The molecule has 1 aromatic rings. The fourth-order valence-electron chi connectivity index (χ4n) is 1.76. The summed E-state index contributed by atoms with van der Waals surface area (Å²) in [6.45, 7) is 6.48. The van der Waals surface area contributed by atoms with Crippen molar-refractivity contribution in [3.05, 3.63) is 28.8 Å². The van der Waals surface area contributed by atoms with E-state index in [1.54, 1.807) is 18.2 Å². The molecule has 0 aromatic heterocycles. The second-order valence-corrected chi connectivity index (χ2v) is 4.91. The number of anilines is 1. The predicted molar refractivity (Wildman–Crippen MR) is 68.7 cm³/mol. The van der Waals surface area contributed by atoms with Gasteiger partial charge >= 0.3 is 0 Å². The molecular formula is C13H17ClN2. The Morgan fingerprint density at radius 2 is 2.06 bits per heavy atom. The lowest BCUT2D eigenvalue weighted by Gasteiger charge is -2.18. The van der Waals surface area contributed by atoms with Crippen LogP contribution < -0.4 is 5.32 Å². The Bertz CT molecular complexity index is 393. The summed E-state index contributed by atoms with van der Waals surface area (Å²) in [7, 11) is 0. The first-order valence-corrected chi connectivity index (χ1v) is 5.87. The molecule has 0 spiro atoms. The molecule has 3 heteroatoms. The van der Waals surface area contributed by atoms with Crippen LogP contribution in [0.4, 0.5) is 5.69 Å². The van der Waals surface area contributed by atoms with E-state index in [0.29, 0.717) is 22.5 Å². The number of hydrogen-bond acceptors (Lipinski definition) is 2. The van der Waals surface area contributed by atoms with E-state index in [-0.39, 0.29) is 0 Å². The van der Waals surface area contributed by atoms with Crippen LogP contribution in [0.5, 0.6) is 0 Å². The minimum Gasteiger partial charge on any atom is -0.381 e. The Morgan fingerprint density at radius 1 is 1.38 bits per heavy atom. The maximum atomic E-state index is 8.97. The van der Waals surface area contributed by atoms with Gasteiger partial charge in [-0.15, -0.1) is 0 Å². The summed E-state index contributed by atoms with van der Waals surface area (Å²) in [5.41, 5.74) is 1.46. The van der Waals surface area contributed by atoms with Crippen molar-refractivity contribution in [3.8, 4) is 6.07 Å². The van der Waals surface area contributed by atoms with Gasteiger partial charge in [0.25, 0.3) is 0 Å². The van der Waals surface area contributed by atoms with Crippen molar-refractivity contribution in [2.75, 3.05) is 5.32 Å². The molecule has 0 saturated carbocycles. The number of rotatable bonds is 4. The smallest absolute Gasteiger partial charge is 0.101 e. The molecular weight excluding hydrogens is 220 g/mol. The molecule has 0 fully saturated rings. The number of nitrogens with one attached hydrogen (secondary N) is 1. The average Bonchev–Trinajstić information content (AvgIpc) is 2.16. The molecule has 1 unspecified atom stereocenters. The van der Waals surface area contributed by atoms with E-state index in [1.807, 2.05) is 0 Å². The highest BCUT2D eigenvalue weighted by molar-refractivity contribution is 6.30. The van der Waals surface area contributed by atoms with Gasteiger partial charge in [0.1, 0.15) is 6.07 Å². The van der Waals surface area contributed by atoms with Crippen molar-refractivity contribution >= 4 is 17.3 Å². The van der Waals surface area contributed by atoms with Crippen molar-refractivity contribution < 1.29 is 0 Å². The van der Waals surface area contributed by atoms with Gasteiger partial charge < -0.3 is 5.32 Å². The van der Waals surface area contributed by atoms with Crippen LogP contribution in [0.2, 0.25) is 5.02 Å². The molecule has 0 aliphatic carbocycles. The third-order valence-corrected chi connectivity index (χ3v) is 2.56. The van der Waals surface area contributed by atoms with Crippen molar-refractivity contribution in [1.82, 2.24) is 0 Å². The number of halogens is 1. The van der Waals surface area contributed by atoms with Crippen molar-refractivity contribution in [2.45, 2.75) is 33.2 Å². The first-order valence-electron chi connectivity index (χ1n) is 5.49. The van der Waals surface area contributed by atoms with Gasteiger partial charge in [0.15, 0.2) is 0 Å². The van der Waals surface area contributed by atoms with Crippen LogP contribution in [0.25, 0.3) is 0 Å². The molecule has 0 amide bonds. The Hall–Kier alpha value is -1.20. The van der Waals surface area contributed by atoms with E-state index in [2.05, 4.69) is 32.2 Å². The van der Waals surface area contributed by atoms with E-state index in [0.717, 1.165) is 12.1 Å². The second kappa shape index (κ2) is 5.77. The van der Waals surface area contributed by atoms with Gasteiger partial charge in [-0.25, -0.2) is 0 Å². The van der Waals surface area contributed by atoms with E-state index in [1.165, 1.54) is 0 Å². The van der Waals surface area contributed by atoms with E-state index < -0.39 is 0 Å². The minimum atomic E-state index is 0.338. The Kier molecular flexibility index (Phi) is 4.64. The van der Waals surface area contributed by atoms with Crippen LogP contribution in [-0.2, 0) is 0 Å². The van der Waals surface area contributed by atoms with Gasteiger partial charge in [0.2, 0.25) is 0 Å². The van der Waals surface area contributed by atoms with Crippen LogP contribution in [0, 0.1) is 17.2 Å². The average molecular weight is 237 g/mol. The monoisotopic (exact) mass is 236 g/mol. The molecule has 0 saturated heterocycles. The lowest BCUT2D eigenvalue weighted by Crippen LogP contribution is -2.18. The molecule has 1 aromatic carbocycles. The Labute approximate surface area is 102 Å². The summed E-state index contributed by atoms with van der Waals surface area (Å²) in [5.74, 6) is 0.632. The van der Waals surface area contributed by atoms with Crippen molar-refractivity contribution in [2.24, 2.45) is 5.92 Å². The van der Waals surface area contributed by atoms with Crippen LogP contribution in [0.3, 0.4) is 0 Å². The summed E-state index contributed by atoms with van der Waals surface area (Å²) in [6, 6.07) is 7.78. The van der Waals surface area contributed by atoms with Crippen molar-refractivity contribution in [1.29, 1.82) is 5.26 Å². The van der Waals surface area contributed by atoms with Crippen LogP contribution >= 0.6 is 11.6 Å². The van der Waals surface area contributed by atoms with E-state index in [9.17, 15) is 0 Å². The van der Waals surface area contributed by atoms with E-state index in [4.69, 9.17) is 16.9 Å². The first kappa shape index (κ1) is 12.9. The number of nitriles is 1. The summed E-state index contributed by atoms with van der Waals surface area (Å²) in [5, 5.41) is 12.9. The molecule has 1 atom stereocenters. The first-order chi connectivity index (χ1) is 7.52. The highest BCUT2D eigenvalue weighted by Gasteiger charge is 2.08. The standard InChI is InChI=1S/C13H17ClN2/c1-9(2)6-10(3)16-13-7-12(14)5-4-11(13)8-15/h4-5,7,9-10,16H,6H2,1-3H3. The lowest BCUT2D eigenvalue weighted by atomic mass is 10.0. The molecule has 0 aliphatic rings. The third kappa shape index (κ3) is 3.75. The van der Waals surface area contributed by atoms with Gasteiger partial charge in [-0.2, -0.15) is 5.26 Å². The fourth-order valence-corrected chi connectivity index (χ4v) is 1.94. The minimum absolute atomic E-state index is 0.338. The molecule has 0 bridgehead atoms. The van der Waals surface area contributed by atoms with Crippen LogP contribution in [-0.4, -0.2) is 6.04 Å². The maximum Gasteiger partial charge on any atom is 0.101 e. The van der Waals surface area contributed by atoms with Gasteiger partial charge in [-0.05, 0) is 37.5 Å². The van der Waals surface area contributed by atoms with Gasteiger partial charge in [0.05, 0.1) is 11.3 Å². The lowest BCUT2D eigenvalue weighted by molar-refractivity contribution is 0.540. The zero-order valence-corrected chi connectivity index (χ0v) is 10.7. The topological polar surface area (TPSA) is 35.8 Å². The summed E-state index contributed by atoms with van der Waals surface area (Å²) < 4.78 is 0. The SMILES string of the molecule is CC(C)CC(C)Nc1cc(Cl)ccc1C#N. The van der Waals surface area contributed by atoms with Gasteiger partial charge in [-0.1, -0.05) is 25.4 Å². The third-order valence-electron chi connectivity index (χ3n) is 2.33. The summed E-state index contributed by atoms with van der Waals surface area (Å²) in [4.78, 5) is 0.